The van der Waals surface area contributed by atoms with E-state index in [2.05, 4.69) is 12.1 Å². The fourth-order valence-corrected chi connectivity index (χ4v) is 1.64. The Labute approximate surface area is 105 Å². The lowest BCUT2D eigenvalue weighted by atomic mass is 10.1. The fraction of sp³-hybridized carbons (Fsp3) is 0.533. The van der Waals surface area contributed by atoms with E-state index in [9.17, 15) is 0 Å². The van der Waals surface area contributed by atoms with E-state index in [1.54, 1.807) is 6.21 Å². The highest BCUT2D eigenvalue weighted by molar-refractivity contribution is 5.78. The van der Waals surface area contributed by atoms with Crippen molar-refractivity contribution in [3.63, 3.8) is 0 Å². The molecule has 0 aromatic heterocycles. The van der Waals surface area contributed by atoms with Crippen molar-refractivity contribution in [1.29, 1.82) is 0 Å². The normalized spacial score (nSPS) is 10.9. The van der Waals surface area contributed by atoms with Gasteiger partial charge < -0.3 is 4.84 Å². The van der Waals surface area contributed by atoms with Crippen LogP contribution in [-0.4, -0.2) is 12.8 Å². The predicted octanol–water partition coefficient (Wildman–Crippen LogP) is 4.40. The molecule has 1 aromatic rings. The number of unbranched alkanes of at least 4 members (excludes halogenated alkanes) is 5. The largest absolute Gasteiger partial charge is 0.396 e. The lowest BCUT2D eigenvalue weighted by Gasteiger charge is -2.00. The van der Waals surface area contributed by atoms with Crippen LogP contribution in [0.25, 0.3) is 0 Å². The molecule has 0 aliphatic heterocycles. The minimum absolute atomic E-state index is 0.732. The van der Waals surface area contributed by atoms with Crippen LogP contribution >= 0.6 is 0 Å². The summed E-state index contributed by atoms with van der Waals surface area (Å²) in [6, 6.07) is 10.0. The first-order valence-corrected chi connectivity index (χ1v) is 6.64. The van der Waals surface area contributed by atoms with E-state index in [0.29, 0.717) is 0 Å². The van der Waals surface area contributed by atoms with Crippen molar-refractivity contribution in [3.8, 4) is 0 Å². The first kappa shape index (κ1) is 13.8. The van der Waals surface area contributed by atoms with Gasteiger partial charge in [0, 0.05) is 0 Å². The third-order valence-corrected chi connectivity index (χ3v) is 2.67. The minimum Gasteiger partial charge on any atom is -0.396 e. The van der Waals surface area contributed by atoms with Crippen LogP contribution in [0.2, 0.25) is 0 Å². The zero-order valence-electron chi connectivity index (χ0n) is 10.8. The highest BCUT2D eigenvalue weighted by atomic mass is 16.6. The van der Waals surface area contributed by atoms with E-state index in [-0.39, 0.29) is 0 Å². The van der Waals surface area contributed by atoms with Gasteiger partial charge in [0.2, 0.25) is 0 Å². The van der Waals surface area contributed by atoms with Crippen LogP contribution < -0.4 is 0 Å². The molecule has 2 heteroatoms. The molecule has 0 spiro atoms. The molecule has 0 heterocycles. The Morgan fingerprint density at radius 3 is 2.47 bits per heavy atom. The molecule has 0 aliphatic rings. The lowest BCUT2D eigenvalue weighted by molar-refractivity contribution is 0.141. The molecule has 0 unspecified atom stereocenters. The molecule has 0 radical (unpaired) electrons. The molecule has 0 bridgehead atoms. The van der Waals surface area contributed by atoms with Crippen LogP contribution in [0.15, 0.2) is 35.5 Å². The standard InChI is InChI=1S/C15H23NO/c1-2-3-4-5-6-10-13-17-16-14-15-11-8-7-9-12-15/h7-9,11-12,14H,2-6,10,13H2,1H3/b16-14+. The average Bonchev–Trinajstić information content (AvgIpc) is 2.38. The first-order valence-electron chi connectivity index (χ1n) is 6.64. The van der Waals surface area contributed by atoms with Crippen molar-refractivity contribution in [1.82, 2.24) is 0 Å². The fourth-order valence-electron chi connectivity index (χ4n) is 1.64. The molecule has 2 nitrogen and oxygen atoms in total. The summed E-state index contributed by atoms with van der Waals surface area (Å²) in [6.07, 6.45) is 9.45. The molecule has 0 saturated heterocycles. The van der Waals surface area contributed by atoms with E-state index in [1.807, 2.05) is 30.3 Å². The van der Waals surface area contributed by atoms with Gasteiger partial charge in [-0.3, -0.25) is 0 Å². The smallest absolute Gasteiger partial charge is 0.117 e. The third-order valence-electron chi connectivity index (χ3n) is 2.67. The highest BCUT2D eigenvalue weighted by Gasteiger charge is 1.90. The molecular formula is C15H23NO. The van der Waals surface area contributed by atoms with Crippen molar-refractivity contribution >= 4 is 6.21 Å². The predicted molar refractivity (Wildman–Crippen MR) is 73.4 cm³/mol. The van der Waals surface area contributed by atoms with Gasteiger partial charge in [0.15, 0.2) is 0 Å². The van der Waals surface area contributed by atoms with Crippen LogP contribution in [0.3, 0.4) is 0 Å². The summed E-state index contributed by atoms with van der Waals surface area (Å²) in [5.41, 5.74) is 1.08. The summed E-state index contributed by atoms with van der Waals surface area (Å²) in [5.74, 6) is 0. The monoisotopic (exact) mass is 233 g/mol. The quantitative estimate of drug-likeness (QED) is 0.352. The van der Waals surface area contributed by atoms with Gasteiger partial charge in [0.25, 0.3) is 0 Å². The van der Waals surface area contributed by atoms with Gasteiger partial charge in [-0.15, -0.1) is 0 Å². The Balaban J connectivity index is 1.95. The van der Waals surface area contributed by atoms with Gasteiger partial charge in [0.05, 0.1) is 6.21 Å². The number of oxime groups is 1. The molecule has 17 heavy (non-hydrogen) atoms. The molecule has 0 atom stereocenters. The van der Waals surface area contributed by atoms with Gasteiger partial charge in [-0.05, 0) is 18.4 Å². The van der Waals surface area contributed by atoms with Crippen molar-refractivity contribution in [3.05, 3.63) is 35.9 Å². The Morgan fingerprint density at radius 2 is 1.71 bits per heavy atom. The Kier molecular flexibility index (Phi) is 8.00. The summed E-state index contributed by atoms with van der Waals surface area (Å²) >= 11 is 0. The Bertz CT molecular complexity index is 295. The Hall–Kier alpha value is -1.31. The van der Waals surface area contributed by atoms with Gasteiger partial charge >= 0.3 is 0 Å². The molecule has 0 saturated carbocycles. The second-order valence-electron chi connectivity index (χ2n) is 4.25. The van der Waals surface area contributed by atoms with Crippen molar-refractivity contribution in [2.45, 2.75) is 45.4 Å². The van der Waals surface area contributed by atoms with E-state index in [0.717, 1.165) is 18.6 Å². The minimum atomic E-state index is 0.732. The maximum absolute atomic E-state index is 5.21. The highest BCUT2D eigenvalue weighted by Crippen LogP contribution is 2.04. The van der Waals surface area contributed by atoms with E-state index in [1.165, 1.54) is 32.1 Å². The van der Waals surface area contributed by atoms with Crippen LogP contribution in [-0.2, 0) is 4.84 Å². The van der Waals surface area contributed by atoms with Crippen molar-refractivity contribution in [2.24, 2.45) is 5.16 Å². The molecule has 0 N–H and O–H groups in total. The molecule has 1 aromatic carbocycles. The number of hydrogen-bond donors (Lipinski definition) is 0. The van der Waals surface area contributed by atoms with E-state index >= 15 is 0 Å². The van der Waals surface area contributed by atoms with Crippen LogP contribution in [0.1, 0.15) is 51.0 Å². The van der Waals surface area contributed by atoms with E-state index in [4.69, 9.17) is 4.84 Å². The lowest BCUT2D eigenvalue weighted by Crippen LogP contribution is -1.89. The van der Waals surface area contributed by atoms with Crippen LogP contribution in [0, 0.1) is 0 Å². The number of benzene rings is 1. The molecule has 0 fully saturated rings. The summed E-state index contributed by atoms with van der Waals surface area (Å²) in [5, 5.41) is 3.95. The average molecular weight is 233 g/mol. The third kappa shape index (κ3) is 7.56. The summed E-state index contributed by atoms with van der Waals surface area (Å²) < 4.78 is 0. The Morgan fingerprint density at radius 1 is 1.00 bits per heavy atom. The van der Waals surface area contributed by atoms with Crippen LogP contribution in [0.5, 0.6) is 0 Å². The van der Waals surface area contributed by atoms with Gasteiger partial charge in [-0.25, -0.2) is 0 Å². The summed E-state index contributed by atoms with van der Waals surface area (Å²) in [7, 11) is 0. The second kappa shape index (κ2) is 9.88. The zero-order chi connectivity index (χ0) is 12.2. The number of nitrogens with zero attached hydrogens (tertiary/aromatic N) is 1. The van der Waals surface area contributed by atoms with Gasteiger partial charge in [0.1, 0.15) is 6.61 Å². The summed E-state index contributed by atoms with van der Waals surface area (Å²) in [4.78, 5) is 5.21. The topological polar surface area (TPSA) is 21.6 Å². The second-order valence-corrected chi connectivity index (χ2v) is 4.25. The number of rotatable bonds is 9. The molecule has 0 aliphatic carbocycles. The molecule has 1 rings (SSSR count). The molecule has 94 valence electrons. The summed E-state index contributed by atoms with van der Waals surface area (Å²) in [6.45, 7) is 2.97. The molecular weight excluding hydrogens is 210 g/mol. The van der Waals surface area contributed by atoms with Crippen LogP contribution in [0.4, 0.5) is 0 Å². The maximum atomic E-state index is 5.21. The zero-order valence-corrected chi connectivity index (χ0v) is 10.8. The maximum Gasteiger partial charge on any atom is 0.117 e. The van der Waals surface area contributed by atoms with Gasteiger partial charge in [-0.1, -0.05) is 68.1 Å². The van der Waals surface area contributed by atoms with Crippen molar-refractivity contribution < 1.29 is 4.84 Å². The van der Waals surface area contributed by atoms with Crippen molar-refractivity contribution in [2.75, 3.05) is 6.61 Å². The molecule has 0 amide bonds. The SMILES string of the molecule is CCCCCCCCO/N=C/c1ccccc1. The van der Waals surface area contributed by atoms with E-state index < -0.39 is 0 Å². The van der Waals surface area contributed by atoms with Gasteiger partial charge in [-0.2, -0.15) is 0 Å². The number of hydrogen-bond acceptors (Lipinski definition) is 2. The first-order chi connectivity index (χ1) is 8.43.